The van der Waals surface area contributed by atoms with E-state index in [1.165, 1.54) is 0 Å². The maximum Gasteiger partial charge on any atom is 0.231 e. The minimum atomic E-state index is -0.183. The van der Waals surface area contributed by atoms with E-state index >= 15 is 0 Å². The van der Waals surface area contributed by atoms with E-state index in [1.807, 2.05) is 49.4 Å². The van der Waals surface area contributed by atoms with Crippen LogP contribution in [0.25, 0.3) is 11.4 Å². The van der Waals surface area contributed by atoms with E-state index in [2.05, 4.69) is 15.1 Å². The molecule has 0 bridgehead atoms. The van der Waals surface area contributed by atoms with E-state index in [9.17, 15) is 0 Å². The van der Waals surface area contributed by atoms with Crippen LogP contribution in [-0.4, -0.2) is 15.1 Å². The first-order valence-corrected chi connectivity index (χ1v) is 6.80. The van der Waals surface area contributed by atoms with E-state index < -0.39 is 0 Å². The molecule has 0 spiro atoms. The summed E-state index contributed by atoms with van der Waals surface area (Å²) >= 11 is 0. The van der Waals surface area contributed by atoms with Gasteiger partial charge in [0.15, 0.2) is 0 Å². The quantitative estimate of drug-likeness (QED) is 0.795. The number of aromatic nitrogens is 3. The molecule has 0 aliphatic rings. The topological polar surface area (TPSA) is 77.8 Å². The van der Waals surface area contributed by atoms with Crippen LogP contribution in [0, 0.1) is 0 Å². The molecule has 1 aromatic carbocycles. The molecule has 0 saturated heterocycles. The molecule has 5 heteroatoms. The fourth-order valence-corrected chi connectivity index (χ4v) is 2.16. The molecule has 2 heterocycles. The van der Waals surface area contributed by atoms with Gasteiger partial charge in [-0.15, -0.1) is 0 Å². The lowest BCUT2D eigenvalue weighted by molar-refractivity contribution is 0.344. The minimum absolute atomic E-state index is 0.0597. The number of nitrogens with zero attached hydrogens (tertiary/aromatic N) is 3. The van der Waals surface area contributed by atoms with Crippen molar-refractivity contribution >= 4 is 0 Å². The fourth-order valence-electron chi connectivity index (χ4n) is 2.16. The first kappa shape index (κ1) is 13.5. The molecule has 0 radical (unpaired) electrons. The van der Waals surface area contributed by atoms with Gasteiger partial charge in [-0.05, 0) is 17.7 Å². The highest BCUT2D eigenvalue weighted by Crippen LogP contribution is 2.28. The third-order valence-corrected chi connectivity index (χ3v) is 3.49. The van der Waals surface area contributed by atoms with Crippen molar-refractivity contribution in [3.63, 3.8) is 0 Å². The van der Waals surface area contributed by atoms with Gasteiger partial charge < -0.3 is 10.3 Å². The molecule has 106 valence electrons. The maximum absolute atomic E-state index is 6.28. The summed E-state index contributed by atoms with van der Waals surface area (Å²) in [5, 5.41) is 4.01. The van der Waals surface area contributed by atoms with Gasteiger partial charge in [-0.1, -0.05) is 42.4 Å². The minimum Gasteiger partial charge on any atom is -0.339 e. The number of rotatable bonds is 4. The lowest BCUT2D eigenvalue weighted by atomic mass is 9.95. The van der Waals surface area contributed by atoms with Crippen LogP contribution in [-0.2, 0) is 0 Å². The second kappa shape index (κ2) is 5.85. The summed E-state index contributed by atoms with van der Waals surface area (Å²) in [5.41, 5.74) is 8.21. The van der Waals surface area contributed by atoms with Crippen molar-refractivity contribution in [3.8, 4) is 11.4 Å². The molecule has 0 saturated carbocycles. The first-order chi connectivity index (χ1) is 10.3. The molecule has 5 nitrogen and oxygen atoms in total. The summed E-state index contributed by atoms with van der Waals surface area (Å²) in [4.78, 5) is 8.42. The van der Waals surface area contributed by atoms with Crippen molar-refractivity contribution in [2.24, 2.45) is 5.73 Å². The molecule has 21 heavy (non-hydrogen) atoms. The van der Waals surface area contributed by atoms with E-state index in [0.717, 1.165) is 11.1 Å². The third-order valence-electron chi connectivity index (χ3n) is 3.49. The Bertz CT molecular complexity index is 697. The molecule has 0 aliphatic heterocycles. The fraction of sp³-hybridized carbons (Fsp3) is 0.188. The predicted octanol–water partition coefficient (Wildman–Crippen LogP) is 2.94. The van der Waals surface area contributed by atoms with Crippen LogP contribution in [0.2, 0.25) is 0 Å². The monoisotopic (exact) mass is 280 g/mol. The molecule has 3 aromatic rings. The van der Waals surface area contributed by atoms with Crippen LogP contribution in [0.5, 0.6) is 0 Å². The van der Waals surface area contributed by atoms with Gasteiger partial charge in [0.1, 0.15) is 0 Å². The Labute approximate surface area is 122 Å². The molecular weight excluding hydrogens is 264 g/mol. The number of benzene rings is 1. The molecule has 2 unspecified atom stereocenters. The zero-order valence-electron chi connectivity index (χ0n) is 11.7. The van der Waals surface area contributed by atoms with E-state index in [4.69, 9.17) is 10.3 Å². The Morgan fingerprint density at radius 2 is 1.76 bits per heavy atom. The summed E-state index contributed by atoms with van der Waals surface area (Å²) < 4.78 is 5.36. The number of nitrogens with two attached hydrogens (primary N) is 1. The van der Waals surface area contributed by atoms with Crippen LogP contribution < -0.4 is 5.73 Å². The molecule has 0 amide bonds. The van der Waals surface area contributed by atoms with Gasteiger partial charge in [0, 0.05) is 24.0 Å². The highest BCUT2D eigenvalue weighted by molar-refractivity contribution is 5.52. The molecular formula is C16H16N4O. The highest BCUT2D eigenvalue weighted by atomic mass is 16.5. The summed E-state index contributed by atoms with van der Waals surface area (Å²) in [7, 11) is 0. The maximum atomic E-state index is 6.28. The average molecular weight is 280 g/mol. The van der Waals surface area contributed by atoms with Crippen molar-refractivity contribution < 1.29 is 4.52 Å². The SMILES string of the molecule is CC(c1nc(-c2ccncc2)no1)C(N)c1ccccc1. The number of hydrogen-bond donors (Lipinski definition) is 1. The largest absolute Gasteiger partial charge is 0.339 e. The van der Waals surface area contributed by atoms with Crippen molar-refractivity contribution in [3.05, 3.63) is 66.3 Å². The van der Waals surface area contributed by atoms with Crippen molar-refractivity contribution in [1.29, 1.82) is 0 Å². The van der Waals surface area contributed by atoms with Gasteiger partial charge >= 0.3 is 0 Å². The smallest absolute Gasteiger partial charge is 0.231 e. The van der Waals surface area contributed by atoms with E-state index in [1.54, 1.807) is 12.4 Å². The Morgan fingerprint density at radius 3 is 2.48 bits per heavy atom. The van der Waals surface area contributed by atoms with Gasteiger partial charge in [0.2, 0.25) is 11.7 Å². The average Bonchev–Trinajstić information content (AvgIpc) is 3.05. The second-order valence-electron chi connectivity index (χ2n) is 4.92. The van der Waals surface area contributed by atoms with Crippen molar-refractivity contribution in [1.82, 2.24) is 15.1 Å². The Hall–Kier alpha value is -2.53. The first-order valence-electron chi connectivity index (χ1n) is 6.80. The van der Waals surface area contributed by atoms with Gasteiger partial charge in [-0.25, -0.2) is 0 Å². The third kappa shape index (κ3) is 2.83. The van der Waals surface area contributed by atoms with Crippen LogP contribution in [0.3, 0.4) is 0 Å². The summed E-state index contributed by atoms with van der Waals surface area (Å²) in [6, 6.07) is 13.4. The lowest BCUT2D eigenvalue weighted by Crippen LogP contribution is -2.17. The second-order valence-corrected chi connectivity index (χ2v) is 4.92. The van der Waals surface area contributed by atoms with Crippen LogP contribution in [0.1, 0.15) is 30.3 Å². The van der Waals surface area contributed by atoms with Crippen LogP contribution in [0.15, 0.2) is 59.4 Å². The lowest BCUT2D eigenvalue weighted by Gasteiger charge is -2.16. The van der Waals surface area contributed by atoms with Gasteiger partial charge in [0.05, 0.1) is 5.92 Å². The normalized spacial score (nSPS) is 13.8. The van der Waals surface area contributed by atoms with E-state index in [-0.39, 0.29) is 12.0 Å². The Balaban J connectivity index is 1.83. The number of pyridine rings is 1. The van der Waals surface area contributed by atoms with E-state index in [0.29, 0.717) is 11.7 Å². The predicted molar refractivity (Wildman–Crippen MR) is 79.3 cm³/mol. The van der Waals surface area contributed by atoms with Gasteiger partial charge in [0.25, 0.3) is 0 Å². The van der Waals surface area contributed by atoms with Crippen molar-refractivity contribution in [2.45, 2.75) is 18.9 Å². The molecule has 0 fully saturated rings. The van der Waals surface area contributed by atoms with Crippen molar-refractivity contribution in [2.75, 3.05) is 0 Å². The van der Waals surface area contributed by atoms with Crippen LogP contribution in [0.4, 0.5) is 0 Å². The molecule has 2 N–H and O–H groups in total. The Morgan fingerprint density at radius 1 is 1.05 bits per heavy atom. The molecule has 3 rings (SSSR count). The van der Waals surface area contributed by atoms with Crippen LogP contribution >= 0.6 is 0 Å². The zero-order chi connectivity index (χ0) is 14.7. The number of hydrogen-bond acceptors (Lipinski definition) is 5. The Kier molecular flexibility index (Phi) is 3.75. The molecule has 2 aromatic heterocycles. The molecule has 0 aliphatic carbocycles. The summed E-state index contributed by atoms with van der Waals surface area (Å²) in [6.07, 6.45) is 3.40. The zero-order valence-corrected chi connectivity index (χ0v) is 11.7. The summed E-state index contributed by atoms with van der Waals surface area (Å²) in [5.74, 6) is 1.04. The molecule has 2 atom stereocenters. The highest BCUT2D eigenvalue weighted by Gasteiger charge is 2.22. The standard InChI is InChI=1S/C16H16N4O/c1-11(14(17)12-5-3-2-4-6-12)16-19-15(20-21-16)13-7-9-18-10-8-13/h2-11,14H,17H2,1H3. The van der Waals surface area contributed by atoms with Gasteiger partial charge in [-0.3, -0.25) is 4.98 Å². The summed E-state index contributed by atoms with van der Waals surface area (Å²) in [6.45, 7) is 1.99. The van der Waals surface area contributed by atoms with Gasteiger partial charge in [-0.2, -0.15) is 4.98 Å².